The fourth-order valence-electron chi connectivity index (χ4n) is 2.96. The van der Waals surface area contributed by atoms with E-state index < -0.39 is 11.9 Å². The topological polar surface area (TPSA) is 125 Å². The highest BCUT2D eigenvalue weighted by Crippen LogP contribution is 2.33. The molecule has 4 rings (SSSR count). The van der Waals surface area contributed by atoms with Crippen molar-refractivity contribution in [2.45, 2.75) is 6.61 Å². The van der Waals surface area contributed by atoms with Crippen molar-refractivity contribution in [3.63, 3.8) is 0 Å². The first-order valence-corrected chi connectivity index (χ1v) is 10.0. The number of nitrogens with zero attached hydrogens (tertiary/aromatic N) is 1. The van der Waals surface area contributed by atoms with Gasteiger partial charge in [-0.1, -0.05) is 11.6 Å². The molecule has 0 aliphatic carbocycles. The number of aromatic nitrogens is 1. The Hall–Kier alpha value is -3.98. The van der Waals surface area contributed by atoms with Crippen LogP contribution in [0.3, 0.4) is 0 Å². The van der Waals surface area contributed by atoms with Crippen molar-refractivity contribution in [1.82, 2.24) is 4.98 Å². The van der Waals surface area contributed by atoms with Gasteiger partial charge < -0.3 is 30.6 Å². The van der Waals surface area contributed by atoms with Gasteiger partial charge in [0.25, 0.3) is 5.91 Å². The highest BCUT2D eigenvalue weighted by molar-refractivity contribution is 6.33. The molecular formula is C22H19ClN4O5. The summed E-state index contributed by atoms with van der Waals surface area (Å²) in [6.07, 6.45) is 1.48. The molecule has 0 saturated carbocycles. The number of pyridine rings is 1. The first-order valence-electron chi connectivity index (χ1n) is 9.63. The van der Waals surface area contributed by atoms with Crippen molar-refractivity contribution in [1.29, 1.82) is 0 Å². The molecule has 0 fully saturated rings. The van der Waals surface area contributed by atoms with Crippen molar-refractivity contribution < 1.29 is 23.8 Å². The third-order valence-electron chi connectivity index (χ3n) is 4.47. The number of fused-ring (bicyclic) bond motifs is 1. The highest BCUT2D eigenvalue weighted by Gasteiger charge is 2.14. The first kappa shape index (κ1) is 21.3. The third-order valence-corrected chi connectivity index (χ3v) is 4.80. The Morgan fingerprint density at radius 1 is 1.03 bits per heavy atom. The number of hydrogen-bond acceptors (Lipinski definition) is 6. The minimum Gasteiger partial charge on any atom is -0.489 e. The van der Waals surface area contributed by atoms with E-state index in [9.17, 15) is 9.59 Å². The standard InChI is InChI=1S/C22H19ClN4O5/c23-16-3-2-15(32-12-13-5-6-25-18(9-13)21(24)28)11-17(16)27-22(29)26-14-1-4-19-20(10-14)31-8-7-30-19/h1-6,9-11H,7-8,12H2,(H2,24,28)(H2,26,27,29). The number of rotatable bonds is 6. The second kappa shape index (κ2) is 9.44. The van der Waals surface area contributed by atoms with Crippen LogP contribution in [0.2, 0.25) is 5.02 Å². The molecule has 2 heterocycles. The van der Waals surface area contributed by atoms with Crippen LogP contribution in [0.25, 0.3) is 0 Å². The maximum atomic E-state index is 12.4. The number of nitrogens with one attached hydrogen (secondary N) is 2. The lowest BCUT2D eigenvalue weighted by atomic mass is 10.2. The number of ether oxygens (including phenoxy) is 3. The highest BCUT2D eigenvalue weighted by atomic mass is 35.5. The summed E-state index contributed by atoms with van der Waals surface area (Å²) in [5.74, 6) is 1.06. The van der Waals surface area contributed by atoms with E-state index in [1.54, 1.807) is 48.5 Å². The van der Waals surface area contributed by atoms with E-state index >= 15 is 0 Å². The van der Waals surface area contributed by atoms with Crippen LogP contribution >= 0.6 is 11.6 Å². The Morgan fingerprint density at radius 2 is 1.84 bits per heavy atom. The Balaban J connectivity index is 1.39. The predicted octanol–water partition coefficient (Wildman–Crippen LogP) is 3.83. The van der Waals surface area contributed by atoms with Gasteiger partial charge >= 0.3 is 6.03 Å². The maximum Gasteiger partial charge on any atom is 0.323 e. The molecule has 0 unspecified atom stereocenters. The number of hydrogen-bond donors (Lipinski definition) is 3. The average molecular weight is 455 g/mol. The number of urea groups is 1. The summed E-state index contributed by atoms with van der Waals surface area (Å²) in [5, 5.41) is 5.76. The minimum absolute atomic E-state index is 0.153. The van der Waals surface area contributed by atoms with Gasteiger partial charge in [-0.25, -0.2) is 4.79 Å². The van der Waals surface area contributed by atoms with Crippen molar-refractivity contribution in [3.8, 4) is 17.2 Å². The largest absolute Gasteiger partial charge is 0.489 e. The normalized spacial score (nSPS) is 12.0. The molecule has 0 radical (unpaired) electrons. The smallest absolute Gasteiger partial charge is 0.323 e. The van der Waals surface area contributed by atoms with E-state index in [1.165, 1.54) is 6.20 Å². The predicted molar refractivity (Wildman–Crippen MR) is 119 cm³/mol. The van der Waals surface area contributed by atoms with Crippen molar-refractivity contribution in [2.75, 3.05) is 23.8 Å². The summed E-state index contributed by atoms with van der Waals surface area (Å²) in [6.45, 7) is 1.12. The molecule has 0 saturated heterocycles. The van der Waals surface area contributed by atoms with Gasteiger partial charge in [0.2, 0.25) is 0 Å². The van der Waals surface area contributed by atoms with Crippen molar-refractivity contribution >= 4 is 34.9 Å². The molecule has 32 heavy (non-hydrogen) atoms. The molecule has 1 aliphatic rings. The summed E-state index contributed by atoms with van der Waals surface area (Å²) in [4.78, 5) is 27.6. The lowest BCUT2D eigenvalue weighted by Crippen LogP contribution is -2.20. The number of nitrogens with two attached hydrogens (primary N) is 1. The molecular weight excluding hydrogens is 436 g/mol. The molecule has 3 aromatic rings. The van der Waals surface area contributed by atoms with Crippen LogP contribution in [-0.2, 0) is 6.61 Å². The van der Waals surface area contributed by atoms with Crippen molar-refractivity contribution in [3.05, 3.63) is 71.0 Å². The Bertz CT molecular complexity index is 1170. The fraction of sp³-hybridized carbons (Fsp3) is 0.136. The molecule has 0 atom stereocenters. The molecule has 1 aliphatic heterocycles. The van der Waals surface area contributed by atoms with Crippen LogP contribution in [0, 0.1) is 0 Å². The van der Waals surface area contributed by atoms with Gasteiger partial charge in [0.05, 0.1) is 10.7 Å². The molecule has 10 heteroatoms. The van der Waals surface area contributed by atoms with E-state index in [-0.39, 0.29) is 12.3 Å². The number of halogens is 1. The van der Waals surface area contributed by atoms with Gasteiger partial charge in [-0.05, 0) is 42.0 Å². The van der Waals surface area contributed by atoms with Gasteiger partial charge in [-0.3, -0.25) is 9.78 Å². The van der Waals surface area contributed by atoms with Crippen LogP contribution < -0.4 is 30.6 Å². The molecule has 0 bridgehead atoms. The number of anilines is 2. The molecule has 4 N–H and O–H groups in total. The molecule has 0 spiro atoms. The molecule has 3 amide bonds. The summed E-state index contributed by atoms with van der Waals surface area (Å²) in [7, 11) is 0. The van der Waals surface area contributed by atoms with E-state index in [1.807, 2.05) is 0 Å². The molecule has 2 aromatic carbocycles. The zero-order valence-electron chi connectivity index (χ0n) is 16.8. The van der Waals surface area contributed by atoms with Crippen LogP contribution in [0.4, 0.5) is 16.2 Å². The SMILES string of the molecule is NC(=O)c1cc(COc2ccc(Cl)c(NC(=O)Nc3ccc4c(c3)OCCO4)c2)ccn1. The zero-order chi connectivity index (χ0) is 22.5. The van der Waals surface area contributed by atoms with Gasteiger partial charge in [-0.2, -0.15) is 0 Å². The van der Waals surface area contributed by atoms with Crippen LogP contribution in [-0.4, -0.2) is 30.1 Å². The second-order valence-corrected chi connectivity index (χ2v) is 7.19. The Kier molecular flexibility index (Phi) is 6.27. The average Bonchev–Trinajstić information content (AvgIpc) is 2.79. The first-order chi connectivity index (χ1) is 15.5. The summed E-state index contributed by atoms with van der Waals surface area (Å²) in [5.41, 5.74) is 7.02. The van der Waals surface area contributed by atoms with Gasteiger partial charge in [0, 0.05) is 24.0 Å². The van der Waals surface area contributed by atoms with E-state index in [4.69, 9.17) is 31.5 Å². The molecule has 1 aromatic heterocycles. The number of primary amides is 1. The quantitative estimate of drug-likeness (QED) is 0.520. The van der Waals surface area contributed by atoms with Crippen LogP contribution in [0.5, 0.6) is 17.2 Å². The molecule has 9 nitrogen and oxygen atoms in total. The van der Waals surface area contributed by atoms with Crippen LogP contribution in [0.15, 0.2) is 54.7 Å². The van der Waals surface area contributed by atoms with E-state index in [2.05, 4.69) is 15.6 Å². The lowest BCUT2D eigenvalue weighted by Gasteiger charge is -2.19. The van der Waals surface area contributed by atoms with E-state index in [0.717, 1.165) is 5.56 Å². The Morgan fingerprint density at radius 3 is 2.66 bits per heavy atom. The lowest BCUT2D eigenvalue weighted by molar-refractivity contribution is 0.0995. The summed E-state index contributed by atoms with van der Waals surface area (Å²) < 4.78 is 16.7. The van der Waals surface area contributed by atoms with Gasteiger partial charge in [0.15, 0.2) is 11.5 Å². The number of carbonyl (C=O) groups is 2. The number of amides is 3. The second-order valence-electron chi connectivity index (χ2n) is 6.78. The number of carbonyl (C=O) groups excluding carboxylic acids is 2. The fourth-order valence-corrected chi connectivity index (χ4v) is 3.13. The summed E-state index contributed by atoms with van der Waals surface area (Å²) in [6, 6.07) is 12.8. The van der Waals surface area contributed by atoms with E-state index in [0.29, 0.717) is 46.9 Å². The van der Waals surface area contributed by atoms with Crippen LogP contribution in [0.1, 0.15) is 16.1 Å². The summed E-state index contributed by atoms with van der Waals surface area (Å²) >= 11 is 6.22. The number of benzene rings is 2. The third kappa shape index (κ3) is 5.19. The monoisotopic (exact) mass is 454 g/mol. The van der Waals surface area contributed by atoms with Gasteiger partial charge in [-0.15, -0.1) is 0 Å². The maximum absolute atomic E-state index is 12.4. The van der Waals surface area contributed by atoms with Crippen molar-refractivity contribution in [2.24, 2.45) is 5.73 Å². The van der Waals surface area contributed by atoms with Gasteiger partial charge in [0.1, 0.15) is 31.3 Å². The zero-order valence-corrected chi connectivity index (χ0v) is 17.5. The minimum atomic E-state index is -0.617. The Labute approximate surface area is 188 Å². The molecule has 164 valence electrons.